The summed E-state index contributed by atoms with van der Waals surface area (Å²) in [7, 11) is 0. The molecule has 0 aliphatic rings. The fourth-order valence-electron chi connectivity index (χ4n) is 7.50. The Balaban J connectivity index is 1.49. The Labute approximate surface area is 278 Å². The fourth-order valence-corrected chi connectivity index (χ4v) is 7.50. The highest BCUT2D eigenvalue weighted by Gasteiger charge is 2.41. The van der Waals surface area contributed by atoms with E-state index in [1.54, 1.807) is 0 Å². The molecule has 3 rings (SSSR count). The molecule has 0 fully saturated rings. The Bertz CT molecular complexity index is 1090. The first-order valence-electron chi connectivity index (χ1n) is 19.3. The molecule has 250 valence electrons. The van der Waals surface area contributed by atoms with Crippen LogP contribution >= 0.6 is 0 Å². The van der Waals surface area contributed by atoms with Crippen molar-refractivity contribution >= 4 is 0 Å². The summed E-state index contributed by atoms with van der Waals surface area (Å²) in [5.41, 5.74) is 2.90. The number of aromatic amines is 1. The lowest BCUT2D eigenvalue weighted by Gasteiger charge is -2.37. The number of H-pyrrole nitrogens is 1. The van der Waals surface area contributed by atoms with Crippen LogP contribution in [0.3, 0.4) is 0 Å². The molecule has 0 aliphatic heterocycles. The molecule has 2 nitrogen and oxygen atoms in total. The van der Waals surface area contributed by atoms with E-state index in [0.29, 0.717) is 5.92 Å². The number of nitrogens with zero attached hydrogens (tertiary/aromatic N) is 1. The van der Waals surface area contributed by atoms with Crippen molar-refractivity contribution in [3.8, 4) is 0 Å². The molecular weight excluding hydrogens is 544 g/mol. The van der Waals surface area contributed by atoms with Crippen molar-refractivity contribution in [3.05, 3.63) is 90.0 Å². The zero-order chi connectivity index (χ0) is 31.8. The third-order valence-electron chi connectivity index (χ3n) is 10.3. The molecule has 2 heteroatoms. The lowest BCUT2D eigenvalue weighted by atomic mass is 9.66. The van der Waals surface area contributed by atoms with Crippen molar-refractivity contribution in [1.29, 1.82) is 0 Å². The van der Waals surface area contributed by atoms with E-state index in [1.165, 1.54) is 152 Å². The van der Waals surface area contributed by atoms with E-state index >= 15 is 0 Å². The van der Waals surface area contributed by atoms with Gasteiger partial charge >= 0.3 is 0 Å². The number of unbranched alkanes of at least 4 members (excludes halogenated alkanes) is 18. The quantitative estimate of drug-likeness (QED) is 0.0652. The monoisotopic (exact) mass is 614 g/mol. The van der Waals surface area contributed by atoms with Gasteiger partial charge in [0.05, 0.1) is 12.5 Å². The van der Waals surface area contributed by atoms with Gasteiger partial charge in [0.15, 0.2) is 0 Å². The highest BCUT2D eigenvalue weighted by Crippen LogP contribution is 2.43. The molecule has 45 heavy (non-hydrogen) atoms. The molecule has 1 heterocycles. The molecule has 0 spiro atoms. The molecule has 0 saturated heterocycles. The van der Waals surface area contributed by atoms with Gasteiger partial charge in [-0.2, -0.15) is 0 Å². The molecule has 1 aromatic heterocycles. The second-order valence-electron chi connectivity index (χ2n) is 14.2. The number of nitrogens with one attached hydrogen (secondary N) is 1. The minimum Gasteiger partial charge on any atom is -0.247 e. The molecule has 0 amide bonds. The van der Waals surface area contributed by atoms with Crippen molar-refractivity contribution in [2.24, 2.45) is 0 Å². The largest absolute Gasteiger partial charge is 0.258 e. The molecule has 0 bridgehead atoms. The second-order valence-corrected chi connectivity index (χ2v) is 14.2. The van der Waals surface area contributed by atoms with Crippen LogP contribution in [0.5, 0.6) is 0 Å². The molecular formula is C43H69N2+. The van der Waals surface area contributed by atoms with Crippen LogP contribution in [-0.4, -0.2) is 4.98 Å². The van der Waals surface area contributed by atoms with Crippen LogP contribution in [0.4, 0.5) is 0 Å². The van der Waals surface area contributed by atoms with E-state index in [1.807, 2.05) is 0 Å². The van der Waals surface area contributed by atoms with Crippen LogP contribution in [-0.2, 0) is 18.4 Å². The number of hydrogen-bond acceptors (Lipinski definition) is 0. The van der Waals surface area contributed by atoms with E-state index in [0.717, 1.165) is 13.0 Å². The highest BCUT2D eigenvalue weighted by molar-refractivity contribution is 5.32. The van der Waals surface area contributed by atoms with Crippen molar-refractivity contribution < 1.29 is 4.57 Å². The molecule has 0 saturated carbocycles. The summed E-state index contributed by atoms with van der Waals surface area (Å²) in [4.78, 5) is 3.78. The Kier molecular flexibility index (Phi) is 19.0. The minimum absolute atomic E-state index is 0.00998. The van der Waals surface area contributed by atoms with Gasteiger partial charge in [0, 0.05) is 5.41 Å². The molecule has 2 aromatic carbocycles. The first-order chi connectivity index (χ1) is 22.2. The first-order valence-corrected chi connectivity index (χ1v) is 19.3. The molecule has 0 aliphatic carbocycles. The average molecular weight is 614 g/mol. The maximum Gasteiger partial charge on any atom is 0.258 e. The van der Waals surface area contributed by atoms with Crippen molar-refractivity contribution in [2.45, 2.75) is 180 Å². The standard InChI is InChI=1S/C43H68N2/c1-4-6-8-10-11-12-13-14-15-16-17-18-19-20-21-29-36-45-37-35-44-42(45)41(34-28-9-7-5-2)43(3,40-32-26-23-27-33-40)38-39-30-24-22-25-31-39/h22-27,30-33,35,37,41H,4-21,28-29,34,36,38H2,1-3H3/p+1. The second kappa shape index (κ2) is 23.0. The van der Waals surface area contributed by atoms with Crippen molar-refractivity contribution in [2.75, 3.05) is 0 Å². The lowest BCUT2D eigenvalue weighted by Crippen LogP contribution is -2.43. The van der Waals surface area contributed by atoms with Gasteiger partial charge in [-0.15, -0.1) is 0 Å². The predicted octanol–water partition coefficient (Wildman–Crippen LogP) is 12.8. The number of benzene rings is 2. The zero-order valence-electron chi connectivity index (χ0n) is 29.7. The van der Waals surface area contributed by atoms with Crippen LogP contribution < -0.4 is 4.57 Å². The Morgan fingerprint density at radius 2 is 1.04 bits per heavy atom. The first kappa shape index (κ1) is 37.1. The lowest BCUT2D eigenvalue weighted by molar-refractivity contribution is -0.705. The zero-order valence-corrected chi connectivity index (χ0v) is 29.7. The van der Waals surface area contributed by atoms with Gasteiger partial charge < -0.3 is 0 Å². The van der Waals surface area contributed by atoms with Gasteiger partial charge in [-0.25, -0.2) is 9.55 Å². The molecule has 2 atom stereocenters. The van der Waals surface area contributed by atoms with Crippen LogP contribution in [0.1, 0.15) is 178 Å². The van der Waals surface area contributed by atoms with Gasteiger partial charge in [-0.1, -0.05) is 197 Å². The SMILES string of the molecule is CCCCCCCCCCCCCCCCCC[n+]1cc[nH]c1C(CCCCCC)C(C)(Cc1ccccc1)c1ccccc1. The summed E-state index contributed by atoms with van der Waals surface area (Å²) in [5, 5.41) is 0. The number of imidazole rings is 1. The summed E-state index contributed by atoms with van der Waals surface area (Å²) >= 11 is 0. The normalized spacial score (nSPS) is 13.6. The van der Waals surface area contributed by atoms with E-state index in [2.05, 4.69) is 103 Å². The third-order valence-corrected chi connectivity index (χ3v) is 10.3. The van der Waals surface area contributed by atoms with Gasteiger partial charge in [-0.05, 0) is 36.8 Å². The van der Waals surface area contributed by atoms with Crippen molar-refractivity contribution in [3.63, 3.8) is 0 Å². The van der Waals surface area contributed by atoms with Crippen molar-refractivity contribution in [1.82, 2.24) is 4.98 Å². The van der Waals surface area contributed by atoms with E-state index in [9.17, 15) is 0 Å². The van der Waals surface area contributed by atoms with Gasteiger partial charge in [0.25, 0.3) is 5.82 Å². The number of aryl methyl sites for hydroxylation is 1. The van der Waals surface area contributed by atoms with Gasteiger partial charge in [-0.3, -0.25) is 0 Å². The van der Waals surface area contributed by atoms with E-state index < -0.39 is 0 Å². The molecule has 3 aromatic rings. The summed E-state index contributed by atoms with van der Waals surface area (Å²) in [6.07, 6.45) is 34.7. The fraction of sp³-hybridized carbons (Fsp3) is 0.651. The Morgan fingerprint density at radius 3 is 1.58 bits per heavy atom. The van der Waals surface area contributed by atoms with Gasteiger partial charge in [0.2, 0.25) is 0 Å². The smallest absolute Gasteiger partial charge is 0.247 e. The number of aromatic nitrogens is 2. The number of hydrogen-bond donors (Lipinski definition) is 1. The highest BCUT2D eigenvalue weighted by atomic mass is 15.1. The molecule has 1 N–H and O–H groups in total. The summed E-state index contributed by atoms with van der Waals surface area (Å²) in [5.74, 6) is 1.86. The van der Waals surface area contributed by atoms with Gasteiger partial charge in [0.1, 0.15) is 12.4 Å². The maximum absolute atomic E-state index is 3.78. The topological polar surface area (TPSA) is 19.7 Å². The molecule has 2 unspecified atom stereocenters. The molecule has 0 radical (unpaired) electrons. The van der Waals surface area contributed by atoms with Crippen LogP contribution in [0.2, 0.25) is 0 Å². The summed E-state index contributed by atoms with van der Waals surface area (Å²) in [6, 6.07) is 22.5. The van der Waals surface area contributed by atoms with Crippen LogP contribution in [0, 0.1) is 0 Å². The summed E-state index contributed by atoms with van der Waals surface area (Å²) in [6.45, 7) is 8.27. The van der Waals surface area contributed by atoms with E-state index in [-0.39, 0.29) is 5.41 Å². The third kappa shape index (κ3) is 13.9. The Morgan fingerprint density at radius 1 is 0.578 bits per heavy atom. The van der Waals surface area contributed by atoms with Crippen LogP contribution in [0.25, 0.3) is 0 Å². The minimum atomic E-state index is 0.00998. The maximum atomic E-state index is 3.78. The Hall–Kier alpha value is -2.35. The number of rotatable bonds is 27. The average Bonchev–Trinajstić information content (AvgIpc) is 3.53. The van der Waals surface area contributed by atoms with E-state index in [4.69, 9.17) is 0 Å². The summed E-state index contributed by atoms with van der Waals surface area (Å²) < 4.78 is 2.57. The predicted molar refractivity (Wildman–Crippen MR) is 196 cm³/mol. The van der Waals surface area contributed by atoms with Crippen LogP contribution in [0.15, 0.2) is 73.1 Å².